The van der Waals surface area contributed by atoms with E-state index in [9.17, 15) is 14.7 Å². The van der Waals surface area contributed by atoms with Crippen molar-refractivity contribution in [3.63, 3.8) is 0 Å². The molecular weight excluding hydrogens is 406 g/mol. The lowest BCUT2D eigenvalue weighted by molar-refractivity contribution is -0.895. The lowest BCUT2D eigenvalue weighted by atomic mass is 9.96. The van der Waals surface area contributed by atoms with Gasteiger partial charge in [-0.05, 0) is 49.6 Å². The molecule has 7 nitrogen and oxygen atoms in total. The Labute approximate surface area is 189 Å². The molecule has 1 aliphatic heterocycles. The van der Waals surface area contributed by atoms with Gasteiger partial charge in [0, 0.05) is 18.0 Å². The first-order valence-electron chi connectivity index (χ1n) is 11.2. The number of nitrogens with zero attached hydrogens (tertiary/aromatic N) is 2. The molecule has 1 saturated heterocycles. The monoisotopic (exact) mass is 437 g/mol. The van der Waals surface area contributed by atoms with E-state index in [2.05, 4.69) is 18.8 Å². The minimum absolute atomic E-state index is 0.0141. The summed E-state index contributed by atoms with van der Waals surface area (Å²) in [7, 11) is 0. The number of Topliss-reactive ketones (excluding diaryl/α,β-unsaturated/α-hetero) is 1. The predicted molar refractivity (Wildman–Crippen MR) is 120 cm³/mol. The van der Waals surface area contributed by atoms with Crippen LogP contribution in [0.4, 0.5) is 0 Å². The quantitative estimate of drug-likeness (QED) is 0.341. The van der Waals surface area contributed by atoms with Crippen LogP contribution in [-0.4, -0.2) is 54.4 Å². The number of carbonyl (C=O) groups excluding carboxylic acids is 2. The number of hydrogen-bond donors (Lipinski definition) is 1. The van der Waals surface area contributed by atoms with Crippen molar-refractivity contribution in [2.75, 3.05) is 32.8 Å². The van der Waals surface area contributed by atoms with Gasteiger partial charge in [-0.25, -0.2) is 0 Å². The summed E-state index contributed by atoms with van der Waals surface area (Å²) in [5, 5.41) is 13.4. The van der Waals surface area contributed by atoms with E-state index in [1.165, 1.54) is 9.80 Å². The highest BCUT2D eigenvalue weighted by Crippen LogP contribution is 2.38. The average molecular weight is 438 g/mol. The zero-order valence-corrected chi connectivity index (χ0v) is 19.0. The van der Waals surface area contributed by atoms with E-state index in [4.69, 9.17) is 4.74 Å². The van der Waals surface area contributed by atoms with Crippen LogP contribution in [0.3, 0.4) is 0 Å². The minimum atomic E-state index is -0.734. The van der Waals surface area contributed by atoms with Gasteiger partial charge in [-0.3, -0.25) is 14.6 Å². The van der Waals surface area contributed by atoms with Gasteiger partial charge in [0.15, 0.2) is 0 Å². The third-order valence-electron chi connectivity index (χ3n) is 5.83. The van der Waals surface area contributed by atoms with E-state index in [1.54, 1.807) is 48.8 Å². The van der Waals surface area contributed by atoms with Gasteiger partial charge in [0.05, 0.1) is 38.8 Å². The number of amides is 1. The number of benzene rings is 1. The standard InChI is InChI=1S/C25H31N3O4/c1-4-16-32-20-11-9-18(10-12-20)23(29)21-22(19-8-7-13-26-17-19)28(25(31)24(21)30)15-14-27(5-2)6-3/h7-13,17,22,29H,4-6,14-16H2,1-3H3/b23-21+. The van der Waals surface area contributed by atoms with E-state index in [0.717, 1.165) is 19.5 Å². The molecule has 1 aromatic carbocycles. The third-order valence-corrected chi connectivity index (χ3v) is 5.83. The molecule has 1 N–H and O–H groups in total. The molecule has 0 spiro atoms. The maximum Gasteiger partial charge on any atom is 0.295 e. The number of nitrogens with one attached hydrogen (secondary N) is 1. The number of ether oxygens (including phenoxy) is 1. The van der Waals surface area contributed by atoms with Gasteiger partial charge in [-0.1, -0.05) is 30.9 Å². The molecule has 1 aromatic heterocycles. The number of pyridine rings is 1. The van der Waals surface area contributed by atoms with Crippen molar-refractivity contribution in [3.05, 3.63) is 65.5 Å². The van der Waals surface area contributed by atoms with Crippen LogP contribution in [0.5, 0.6) is 5.75 Å². The van der Waals surface area contributed by atoms with Crippen molar-refractivity contribution < 1.29 is 24.3 Å². The van der Waals surface area contributed by atoms with Crippen LogP contribution < -0.4 is 14.7 Å². The van der Waals surface area contributed by atoms with Crippen LogP contribution in [0.15, 0.2) is 54.4 Å². The fourth-order valence-electron chi connectivity index (χ4n) is 3.95. The maximum absolute atomic E-state index is 13.4. The van der Waals surface area contributed by atoms with Gasteiger partial charge >= 0.3 is 0 Å². The molecule has 170 valence electrons. The number of rotatable bonds is 10. The van der Waals surface area contributed by atoms with Crippen LogP contribution in [0.2, 0.25) is 0 Å². The molecule has 0 saturated carbocycles. The first kappa shape index (κ1) is 23.5. The summed E-state index contributed by atoms with van der Waals surface area (Å²) in [4.78, 5) is 32.9. The zero-order chi connectivity index (χ0) is 23.1. The van der Waals surface area contributed by atoms with Crippen molar-refractivity contribution in [3.8, 4) is 5.75 Å². The summed E-state index contributed by atoms with van der Waals surface area (Å²) >= 11 is 0. The Morgan fingerprint density at radius 3 is 2.44 bits per heavy atom. The van der Waals surface area contributed by atoms with Crippen LogP contribution in [0.1, 0.15) is 44.4 Å². The second-order valence-electron chi connectivity index (χ2n) is 7.84. The Balaban J connectivity index is 2.00. The van der Waals surface area contributed by atoms with Gasteiger partial charge in [0.25, 0.3) is 5.91 Å². The fraction of sp³-hybridized carbons (Fsp3) is 0.400. The zero-order valence-electron chi connectivity index (χ0n) is 19.0. The highest BCUT2D eigenvalue weighted by molar-refractivity contribution is 6.46. The van der Waals surface area contributed by atoms with E-state index in [1.807, 2.05) is 6.92 Å². The number of aromatic nitrogens is 1. The Kier molecular flexibility index (Phi) is 8.00. The first-order chi connectivity index (χ1) is 15.5. The summed E-state index contributed by atoms with van der Waals surface area (Å²) in [6.45, 7) is 9.72. The second-order valence-corrected chi connectivity index (χ2v) is 7.84. The van der Waals surface area contributed by atoms with Gasteiger partial charge in [0.2, 0.25) is 5.78 Å². The second kappa shape index (κ2) is 10.9. The van der Waals surface area contributed by atoms with Gasteiger partial charge < -0.3 is 19.6 Å². The largest absolute Gasteiger partial charge is 0.872 e. The smallest absolute Gasteiger partial charge is 0.295 e. The van der Waals surface area contributed by atoms with Crippen molar-refractivity contribution in [1.29, 1.82) is 0 Å². The summed E-state index contributed by atoms with van der Waals surface area (Å²) < 4.78 is 5.58. The summed E-state index contributed by atoms with van der Waals surface area (Å²) in [5.74, 6) is -1.13. The molecule has 3 rings (SSSR count). The first-order valence-corrected chi connectivity index (χ1v) is 11.2. The Bertz CT molecular complexity index is 953. The highest BCUT2D eigenvalue weighted by Gasteiger charge is 2.44. The molecule has 1 aliphatic rings. The molecule has 1 fully saturated rings. The summed E-state index contributed by atoms with van der Waals surface area (Å²) in [5.41, 5.74) is 1.00. The SMILES string of the molecule is CCCOc1ccc(/C([O-])=C2\C(=O)C(=O)N(CC[NH+](CC)CC)C2c2cccnc2)cc1. The van der Waals surface area contributed by atoms with Crippen molar-refractivity contribution in [2.24, 2.45) is 0 Å². The Morgan fingerprint density at radius 1 is 1.12 bits per heavy atom. The molecule has 2 aromatic rings. The van der Waals surface area contributed by atoms with E-state index in [0.29, 0.717) is 36.6 Å². The predicted octanol–water partition coefficient (Wildman–Crippen LogP) is 1.02. The lowest BCUT2D eigenvalue weighted by Gasteiger charge is -2.28. The molecule has 1 amide bonds. The van der Waals surface area contributed by atoms with Gasteiger partial charge in [-0.2, -0.15) is 0 Å². The minimum Gasteiger partial charge on any atom is -0.872 e. The molecule has 2 heterocycles. The number of likely N-dealkylation sites (tertiary alicyclic amines) is 1. The average Bonchev–Trinajstić information content (AvgIpc) is 3.08. The number of quaternary nitrogens is 1. The van der Waals surface area contributed by atoms with Crippen LogP contribution in [0.25, 0.3) is 5.76 Å². The molecule has 0 bridgehead atoms. The third kappa shape index (κ3) is 4.99. The normalized spacial score (nSPS) is 17.9. The number of hydrogen-bond acceptors (Lipinski definition) is 5. The maximum atomic E-state index is 13.4. The van der Waals surface area contributed by atoms with Gasteiger partial charge in [-0.15, -0.1) is 0 Å². The van der Waals surface area contributed by atoms with E-state index in [-0.39, 0.29) is 5.57 Å². The topological polar surface area (TPSA) is 87.0 Å². The molecule has 1 unspecified atom stereocenters. The molecule has 0 aliphatic carbocycles. The Hall–Kier alpha value is -3.19. The van der Waals surface area contributed by atoms with Crippen LogP contribution in [0, 0.1) is 0 Å². The van der Waals surface area contributed by atoms with Crippen molar-refractivity contribution >= 4 is 17.4 Å². The lowest BCUT2D eigenvalue weighted by Crippen LogP contribution is -3.12. The van der Waals surface area contributed by atoms with Crippen LogP contribution in [-0.2, 0) is 9.59 Å². The molecular formula is C25H31N3O4. The molecule has 32 heavy (non-hydrogen) atoms. The number of carbonyl (C=O) groups is 2. The number of ketones is 1. The molecule has 7 heteroatoms. The summed E-state index contributed by atoms with van der Waals surface area (Å²) in [6.07, 6.45) is 4.12. The number of likely N-dealkylation sites (N-methyl/N-ethyl adjacent to an activating group) is 1. The molecule has 1 atom stereocenters. The van der Waals surface area contributed by atoms with E-state index >= 15 is 0 Å². The van der Waals surface area contributed by atoms with Crippen molar-refractivity contribution in [1.82, 2.24) is 9.88 Å². The fourth-order valence-corrected chi connectivity index (χ4v) is 3.95. The summed E-state index contributed by atoms with van der Waals surface area (Å²) in [6, 6.07) is 9.52. The van der Waals surface area contributed by atoms with Crippen molar-refractivity contribution in [2.45, 2.75) is 33.2 Å². The van der Waals surface area contributed by atoms with Crippen LogP contribution >= 0.6 is 0 Å². The van der Waals surface area contributed by atoms with Gasteiger partial charge in [0.1, 0.15) is 5.75 Å². The highest BCUT2D eigenvalue weighted by atomic mass is 16.5. The Morgan fingerprint density at radius 2 is 1.84 bits per heavy atom. The van der Waals surface area contributed by atoms with E-state index < -0.39 is 23.5 Å². The molecule has 0 radical (unpaired) electrons.